The standard InChI is InChI=1S/C13H21NS/c1-6-10(4)9-13(15)12(8-3)14-11(5)7-2/h6-7,9,15H,8H2,1-5H3/b10-6-,11-7-,13-9+,14-12-. The smallest absolute Gasteiger partial charge is 0.0537 e. The van der Waals surface area contributed by atoms with E-state index in [2.05, 4.69) is 37.5 Å². The molecule has 0 heterocycles. The van der Waals surface area contributed by atoms with E-state index in [1.807, 2.05) is 32.9 Å². The maximum atomic E-state index is 4.51. The van der Waals surface area contributed by atoms with E-state index < -0.39 is 0 Å². The molecule has 0 N–H and O–H groups in total. The summed E-state index contributed by atoms with van der Waals surface area (Å²) in [6.07, 6.45) is 7.01. The largest absolute Gasteiger partial charge is 0.257 e. The molecular weight excluding hydrogens is 202 g/mol. The Morgan fingerprint density at radius 1 is 1.20 bits per heavy atom. The molecule has 0 rings (SSSR count). The van der Waals surface area contributed by atoms with Gasteiger partial charge in [-0.3, -0.25) is 4.99 Å². The highest BCUT2D eigenvalue weighted by Gasteiger charge is 2.00. The average Bonchev–Trinajstić information content (AvgIpc) is 2.24. The molecule has 0 saturated heterocycles. The lowest BCUT2D eigenvalue weighted by Crippen LogP contribution is -1.97. The number of hydrogen-bond acceptors (Lipinski definition) is 2. The van der Waals surface area contributed by atoms with Crippen molar-refractivity contribution in [2.45, 2.75) is 41.0 Å². The summed E-state index contributed by atoms with van der Waals surface area (Å²) in [7, 11) is 0. The van der Waals surface area contributed by atoms with Gasteiger partial charge in [-0.25, -0.2) is 0 Å². The topological polar surface area (TPSA) is 12.4 Å². The lowest BCUT2D eigenvalue weighted by Gasteiger charge is -2.04. The van der Waals surface area contributed by atoms with Gasteiger partial charge in [0.25, 0.3) is 0 Å². The Morgan fingerprint density at radius 2 is 1.80 bits per heavy atom. The number of hydrogen-bond donors (Lipinski definition) is 1. The van der Waals surface area contributed by atoms with E-state index in [4.69, 9.17) is 0 Å². The lowest BCUT2D eigenvalue weighted by atomic mass is 10.2. The molecule has 0 aromatic carbocycles. The molecule has 15 heavy (non-hydrogen) atoms. The monoisotopic (exact) mass is 223 g/mol. The Labute approximate surface area is 99.1 Å². The lowest BCUT2D eigenvalue weighted by molar-refractivity contribution is 1.21. The number of aliphatic imine (C=N–C) groups is 1. The molecule has 0 amide bonds. The van der Waals surface area contributed by atoms with Crippen LogP contribution in [0.3, 0.4) is 0 Å². The second-order valence-corrected chi connectivity index (χ2v) is 3.89. The predicted octanol–water partition coefficient (Wildman–Crippen LogP) is 4.54. The molecule has 0 atom stereocenters. The Hall–Kier alpha value is -0.760. The van der Waals surface area contributed by atoms with Gasteiger partial charge in [-0.1, -0.05) is 24.6 Å². The molecule has 84 valence electrons. The minimum Gasteiger partial charge on any atom is -0.257 e. The second-order valence-electron chi connectivity index (χ2n) is 3.40. The fourth-order valence-electron chi connectivity index (χ4n) is 0.977. The highest BCUT2D eigenvalue weighted by molar-refractivity contribution is 7.85. The molecule has 0 spiro atoms. The van der Waals surface area contributed by atoms with Crippen molar-refractivity contribution >= 4 is 18.3 Å². The molecule has 0 bridgehead atoms. The highest BCUT2D eigenvalue weighted by atomic mass is 32.1. The first kappa shape index (κ1) is 14.2. The summed E-state index contributed by atoms with van der Waals surface area (Å²) in [6.45, 7) is 10.2. The van der Waals surface area contributed by atoms with Crippen LogP contribution in [0, 0.1) is 0 Å². The third-order valence-corrected chi connectivity index (χ3v) is 2.57. The molecule has 0 aromatic heterocycles. The first-order valence-corrected chi connectivity index (χ1v) is 5.74. The average molecular weight is 223 g/mol. The Morgan fingerprint density at radius 3 is 2.20 bits per heavy atom. The van der Waals surface area contributed by atoms with E-state index >= 15 is 0 Å². The second kappa shape index (κ2) is 7.52. The van der Waals surface area contributed by atoms with Gasteiger partial charge in [0.2, 0.25) is 0 Å². The van der Waals surface area contributed by atoms with E-state index in [0.717, 1.165) is 22.7 Å². The summed E-state index contributed by atoms with van der Waals surface area (Å²) in [4.78, 5) is 5.46. The van der Waals surface area contributed by atoms with Gasteiger partial charge in [0.05, 0.1) is 5.71 Å². The molecule has 0 fully saturated rings. The van der Waals surface area contributed by atoms with Crippen LogP contribution >= 0.6 is 12.6 Å². The van der Waals surface area contributed by atoms with Crippen LogP contribution in [0.25, 0.3) is 0 Å². The Kier molecular flexibility index (Phi) is 7.14. The van der Waals surface area contributed by atoms with E-state index in [0.29, 0.717) is 0 Å². The maximum Gasteiger partial charge on any atom is 0.0537 e. The molecule has 0 saturated carbocycles. The summed E-state index contributed by atoms with van der Waals surface area (Å²) >= 11 is 4.47. The zero-order chi connectivity index (χ0) is 11.8. The summed E-state index contributed by atoms with van der Waals surface area (Å²) in [5.74, 6) is 0. The first-order chi connectivity index (χ1) is 7.04. The molecular formula is C13H21NS. The molecule has 0 aliphatic rings. The molecule has 1 nitrogen and oxygen atoms in total. The van der Waals surface area contributed by atoms with Gasteiger partial charge >= 0.3 is 0 Å². The first-order valence-electron chi connectivity index (χ1n) is 5.29. The van der Waals surface area contributed by atoms with Crippen molar-refractivity contribution in [1.82, 2.24) is 0 Å². The predicted molar refractivity (Wildman–Crippen MR) is 73.7 cm³/mol. The van der Waals surface area contributed by atoms with Crippen molar-refractivity contribution in [3.8, 4) is 0 Å². The third kappa shape index (κ3) is 5.63. The minimum absolute atomic E-state index is 0.900. The van der Waals surface area contributed by atoms with Crippen LogP contribution < -0.4 is 0 Å². The molecule has 0 radical (unpaired) electrons. The van der Waals surface area contributed by atoms with Gasteiger partial charge in [-0.05, 0) is 40.2 Å². The van der Waals surface area contributed by atoms with Crippen molar-refractivity contribution < 1.29 is 0 Å². The fourth-order valence-corrected chi connectivity index (χ4v) is 1.39. The molecule has 0 aromatic rings. The van der Waals surface area contributed by atoms with Gasteiger partial charge in [-0.2, -0.15) is 0 Å². The zero-order valence-electron chi connectivity index (χ0n) is 10.3. The van der Waals surface area contributed by atoms with Crippen LogP contribution in [-0.4, -0.2) is 5.71 Å². The molecule has 0 aliphatic heterocycles. The van der Waals surface area contributed by atoms with Crippen molar-refractivity contribution in [3.05, 3.63) is 34.4 Å². The van der Waals surface area contributed by atoms with E-state index in [9.17, 15) is 0 Å². The van der Waals surface area contributed by atoms with E-state index in [-0.39, 0.29) is 0 Å². The van der Waals surface area contributed by atoms with Gasteiger partial charge in [0.1, 0.15) is 0 Å². The number of allylic oxidation sites excluding steroid dienone is 6. The van der Waals surface area contributed by atoms with Gasteiger partial charge in [0, 0.05) is 10.6 Å². The normalized spacial score (nSPS) is 15.9. The van der Waals surface area contributed by atoms with Crippen LogP contribution in [0.15, 0.2) is 39.4 Å². The van der Waals surface area contributed by atoms with Gasteiger partial charge in [0.15, 0.2) is 0 Å². The summed E-state index contributed by atoms with van der Waals surface area (Å²) in [6, 6.07) is 0. The van der Waals surface area contributed by atoms with Crippen LogP contribution in [0.4, 0.5) is 0 Å². The highest BCUT2D eigenvalue weighted by Crippen LogP contribution is 2.13. The van der Waals surface area contributed by atoms with Gasteiger partial charge in [-0.15, -0.1) is 12.6 Å². The fraction of sp³-hybridized carbons (Fsp3) is 0.462. The van der Waals surface area contributed by atoms with Gasteiger partial charge < -0.3 is 0 Å². The van der Waals surface area contributed by atoms with Crippen molar-refractivity contribution in [3.63, 3.8) is 0 Å². The minimum atomic E-state index is 0.900. The maximum absolute atomic E-state index is 4.51. The van der Waals surface area contributed by atoms with Crippen molar-refractivity contribution in [2.75, 3.05) is 0 Å². The van der Waals surface area contributed by atoms with Crippen molar-refractivity contribution in [2.24, 2.45) is 4.99 Å². The van der Waals surface area contributed by atoms with Crippen molar-refractivity contribution in [1.29, 1.82) is 0 Å². The molecule has 0 unspecified atom stereocenters. The molecule has 0 aliphatic carbocycles. The van der Waals surface area contributed by atoms with Crippen LogP contribution in [0.5, 0.6) is 0 Å². The van der Waals surface area contributed by atoms with Crippen LogP contribution in [0.1, 0.15) is 41.0 Å². The summed E-state index contributed by atoms with van der Waals surface area (Å²) in [5, 5.41) is 0. The Bertz CT molecular complexity index is 319. The van der Waals surface area contributed by atoms with Crippen LogP contribution in [0.2, 0.25) is 0 Å². The number of thiol groups is 1. The number of rotatable bonds is 4. The SMILES string of the molecule is C\C=C(C)/C=C(S)\C(CC)=N/C(C)=C\C. The number of nitrogens with zero attached hydrogens (tertiary/aromatic N) is 1. The van der Waals surface area contributed by atoms with E-state index in [1.165, 1.54) is 5.57 Å². The zero-order valence-corrected chi connectivity index (χ0v) is 11.2. The summed E-state index contributed by atoms with van der Waals surface area (Å²) in [5.41, 5.74) is 3.28. The quantitative estimate of drug-likeness (QED) is 0.408. The Balaban J connectivity index is 5.00. The third-order valence-electron chi connectivity index (χ3n) is 2.18. The van der Waals surface area contributed by atoms with E-state index in [1.54, 1.807) is 0 Å². The molecule has 2 heteroatoms. The summed E-state index contributed by atoms with van der Waals surface area (Å²) < 4.78 is 0. The van der Waals surface area contributed by atoms with Crippen LogP contribution in [-0.2, 0) is 0 Å².